The van der Waals surface area contributed by atoms with Crippen LogP contribution in [0, 0.1) is 13.8 Å². The molecule has 2 aromatic rings. The summed E-state index contributed by atoms with van der Waals surface area (Å²) in [6.07, 6.45) is 1.15. The lowest BCUT2D eigenvalue weighted by Crippen LogP contribution is -2.36. The summed E-state index contributed by atoms with van der Waals surface area (Å²) in [5.74, 6) is 2.60. The molecule has 3 rings (SSSR count). The van der Waals surface area contributed by atoms with Crippen molar-refractivity contribution in [2.75, 3.05) is 13.7 Å². The van der Waals surface area contributed by atoms with E-state index in [4.69, 9.17) is 9.47 Å². The first-order valence-corrected chi connectivity index (χ1v) is 10.1. The van der Waals surface area contributed by atoms with E-state index in [9.17, 15) is 0 Å². The zero-order chi connectivity index (χ0) is 19.4. The fraction of sp³-hybridized carbons (Fsp3) is 0.500. The number of hydrogen-bond donors (Lipinski definition) is 2. The second-order valence-electron chi connectivity index (χ2n) is 6.66. The fourth-order valence-corrected chi connectivity index (χ4v) is 3.96. The second-order valence-corrected chi connectivity index (χ2v) is 7.95. The molecule has 6 nitrogen and oxygen atoms in total. The van der Waals surface area contributed by atoms with Crippen LogP contribution in [-0.2, 0) is 19.5 Å². The number of nitrogens with zero attached hydrogens (tertiary/aromatic N) is 2. The number of guanidine groups is 1. The summed E-state index contributed by atoms with van der Waals surface area (Å²) in [5.41, 5.74) is 3.37. The van der Waals surface area contributed by atoms with Crippen LogP contribution in [0.1, 0.15) is 40.6 Å². The Morgan fingerprint density at radius 1 is 1.33 bits per heavy atom. The first kappa shape index (κ1) is 19.5. The summed E-state index contributed by atoms with van der Waals surface area (Å²) in [4.78, 5) is 10.1. The summed E-state index contributed by atoms with van der Waals surface area (Å²) in [5, 5.41) is 7.74. The Labute approximate surface area is 165 Å². The van der Waals surface area contributed by atoms with Crippen molar-refractivity contribution in [1.29, 1.82) is 0 Å². The zero-order valence-corrected chi connectivity index (χ0v) is 17.5. The number of aromatic nitrogens is 1. The molecule has 146 valence electrons. The molecule has 0 amide bonds. The molecule has 0 radical (unpaired) electrons. The predicted octanol–water partition coefficient (Wildman–Crippen LogP) is 3.35. The van der Waals surface area contributed by atoms with Crippen molar-refractivity contribution >= 4 is 17.3 Å². The maximum absolute atomic E-state index is 5.90. The van der Waals surface area contributed by atoms with Gasteiger partial charge in [0, 0.05) is 36.0 Å². The van der Waals surface area contributed by atoms with E-state index in [-0.39, 0.29) is 6.10 Å². The van der Waals surface area contributed by atoms with Crippen LogP contribution in [0.5, 0.6) is 11.5 Å². The first-order valence-electron chi connectivity index (χ1n) is 9.32. The molecule has 0 aliphatic carbocycles. The largest absolute Gasteiger partial charge is 0.494 e. The van der Waals surface area contributed by atoms with Gasteiger partial charge < -0.3 is 20.1 Å². The Morgan fingerprint density at radius 2 is 2.11 bits per heavy atom. The molecule has 1 aromatic heterocycles. The van der Waals surface area contributed by atoms with Gasteiger partial charge in [0.25, 0.3) is 0 Å². The molecule has 2 N–H and O–H groups in total. The zero-order valence-electron chi connectivity index (χ0n) is 16.7. The number of nitrogens with one attached hydrogen (secondary N) is 2. The molecule has 1 aliphatic heterocycles. The maximum atomic E-state index is 5.90. The van der Waals surface area contributed by atoms with Gasteiger partial charge >= 0.3 is 0 Å². The summed E-state index contributed by atoms with van der Waals surface area (Å²) in [7, 11) is 1.77. The Kier molecular flexibility index (Phi) is 6.21. The van der Waals surface area contributed by atoms with Crippen LogP contribution in [0.2, 0.25) is 0 Å². The molecule has 1 aromatic carbocycles. The smallest absolute Gasteiger partial charge is 0.191 e. The van der Waals surface area contributed by atoms with Gasteiger partial charge in [-0.25, -0.2) is 4.98 Å². The van der Waals surface area contributed by atoms with Crippen molar-refractivity contribution in [3.8, 4) is 11.5 Å². The number of aryl methyl sites for hydroxylation is 2. The molecule has 27 heavy (non-hydrogen) atoms. The molecule has 7 heteroatoms. The van der Waals surface area contributed by atoms with Crippen LogP contribution in [0.3, 0.4) is 0 Å². The summed E-state index contributed by atoms with van der Waals surface area (Å²) < 4.78 is 11.7. The third-order valence-corrected chi connectivity index (χ3v) is 5.60. The summed E-state index contributed by atoms with van der Waals surface area (Å²) >= 11 is 1.71. The van der Waals surface area contributed by atoms with Crippen molar-refractivity contribution < 1.29 is 9.47 Å². The quantitative estimate of drug-likeness (QED) is 0.587. The highest BCUT2D eigenvalue weighted by atomic mass is 32.1. The molecule has 0 fully saturated rings. The van der Waals surface area contributed by atoms with Gasteiger partial charge in [0.2, 0.25) is 0 Å². The van der Waals surface area contributed by atoms with Gasteiger partial charge in [-0.2, -0.15) is 0 Å². The van der Waals surface area contributed by atoms with Crippen molar-refractivity contribution in [3.63, 3.8) is 0 Å². The molecule has 0 spiro atoms. The first-order chi connectivity index (χ1) is 13.0. The van der Waals surface area contributed by atoms with Gasteiger partial charge in [-0.1, -0.05) is 0 Å². The molecular weight excluding hydrogens is 360 g/mol. The highest BCUT2D eigenvalue weighted by Crippen LogP contribution is 2.35. The highest BCUT2D eigenvalue weighted by molar-refractivity contribution is 7.11. The lowest BCUT2D eigenvalue weighted by atomic mass is 10.1. The van der Waals surface area contributed by atoms with Gasteiger partial charge in [0.15, 0.2) is 5.96 Å². The second kappa shape index (κ2) is 8.61. The van der Waals surface area contributed by atoms with Crippen LogP contribution in [0.25, 0.3) is 0 Å². The van der Waals surface area contributed by atoms with Crippen molar-refractivity contribution in [2.24, 2.45) is 4.99 Å². The normalized spacial score (nSPS) is 16.0. The Bertz CT molecular complexity index is 812. The lowest BCUT2D eigenvalue weighted by Gasteiger charge is -2.15. The number of benzene rings is 1. The highest BCUT2D eigenvalue weighted by Gasteiger charge is 2.22. The third kappa shape index (κ3) is 4.71. The molecule has 1 atom stereocenters. The standard InChI is InChI=1S/C20H28N4O2S/c1-6-25-17-8-15-7-12(2)26-18(15)9-16(17)10-22-20(21-5)23-11-19-24-13(3)14(4)27-19/h8-9,12H,6-7,10-11H2,1-5H3,(H2,21,22,23). The monoisotopic (exact) mass is 388 g/mol. The van der Waals surface area contributed by atoms with Crippen LogP contribution < -0.4 is 20.1 Å². The third-order valence-electron chi connectivity index (χ3n) is 4.53. The van der Waals surface area contributed by atoms with Crippen LogP contribution >= 0.6 is 11.3 Å². The fourth-order valence-electron chi connectivity index (χ4n) is 3.08. The van der Waals surface area contributed by atoms with Crippen LogP contribution in [-0.4, -0.2) is 30.7 Å². The summed E-state index contributed by atoms with van der Waals surface area (Å²) in [6.45, 7) is 10.1. The minimum absolute atomic E-state index is 0.220. The van der Waals surface area contributed by atoms with Crippen molar-refractivity contribution in [3.05, 3.63) is 38.8 Å². The van der Waals surface area contributed by atoms with Gasteiger partial charge in [0.05, 0.1) is 18.8 Å². The SMILES string of the molecule is CCOc1cc2c(cc1CNC(=NC)NCc1nc(C)c(C)s1)OC(C)C2. The predicted molar refractivity (Wildman–Crippen MR) is 110 cm³/mol. The molecular formula is C20H28N4O2S. The van der Waals surface area contributed by atoms with E-state index in [1.807, 2.05) is 13.8 Å². The number of fused-ring (bicyclic) bond motifs is 1. The summed E-state index contributed by atoms with van der Waals surface area (Å²) in [6, 6.07) is 4.19. The number of thiazole rings is 1. The molecule has 0 bridgehead atoms. The molecule has 2 heterocycles. The Balaban J connectivity index is 1.64. The Hall–Kier alpha value is -2.28. The number of aliphatic imine (C=N–C) groups is 1. The molecule has 1 aliphatic rings. The van der Waals surface area contributed by atoms with Gasteiger partial charge in [0.1, 0.15) is 22.6 Å². The number of ether oxygens (including phenoxy) is 2. The number of hydrogen-bond acceptors (Lipinski definition) is 5. The van der Waals surface area contributed by atoms with E-state index < -0.39 is 0 Å². The minimum atomic E-state index is 0.220. The lowest BCUT2D eigenvalue weighted by molar-refractivity contribution is 0.254. The van der Waals surface area contributed by atoms with Gasteiger partial charge in [-0.15, -0.1) is 11.3 Å². The van der Waals surface area contributed by atoms with E-state index in [1.54, 1.807) is 18.4 Å². The van der Waals surface area contributed by atoms with Crippen LogP contribution in [0.15, 0.2) is 17.1 Å². The maximum Gasteiger partial charge on any atom is 0.191 e. The van der Waals surface area contributed by atoms with Crippen molar-refractivity contribution in [1.82, 2.24) is 15.6 Å². The molecule has 0 saturated heterocycles. The minimum Gasteiger partial charge on any atom is -0.494 e. The number of rotatable bonds is 6. The van der Waals surface area contributed by atoms with Gasteiger partial charge in [-0.3, -0.25) is 4.99 Å². The van der Waals surface area contributed by atoms with E-state index in [0.717, 1.165) is 40.1 Å². The van der Waals surface area contributed by atoms with E-state index in [2.05, 4.69) is 46.6 Å². The average molecular weight is 389 g/mol. The van der Waals surface area contributed by atoms with Gasteiger partial charge in [-0.05, 0) is 39.8 Å². The van der Waals surface area contributed by atoms with E-state index in [0.29, 0.717) is 19.7 Å². The average Bonchev–Trinajstić information content (AvgIpc) is 3.15. The molecule has 0 saturated carbocycles. The van der Waals surface area contributed by atoms with E-state index in [1.165, 1.54) is 10.4 Å². The van der Waals surface area contributed by atoms with E-state index >= 15 is 0 Å². The Morgan fingerprint density at radius 3 is 2.78 bits per heavy atom. The van der Waals surface area contributed by atoms with Crippen molar-refractivity contribution in [2.45, 2.75) is 53.3 Å². The molecule has 1 unspecified atom stereocenters. The van der Waals surface area contributed by atoms with Crippen LogP contribution in [0.4, 0.5) is 0 Å². The topological polar surface area (TPSA) is 67.8 Å².